The second-order valence-electron chi connectivity index (χ2n) is 4.27. The molecule has 1 aromatic carbocycles. The van der Waals surface area contributed by atoms with Gasteiger partial charge in [0.2, 0.25) is 0 Å². The molecule has 0 aromatic heterocycles. The smallest absolute Gasteiger partial charge is 0.133 e. The zero-order valence-electron chi connectivity index (χ0n) is 10.2. The number of ether oxygens (including phenoxy) is 1. The predicted molar refractivity (Wildman–Crippen MR) is 71.9 cm³/mol. The molecule has 0 aliphatic heterocycles. The van der Waals surface area contributed by atoms with Crippen molar-refractivity contribution < 1.29 is 4.74 Å². The molecule has 0 aliphatic rings. The normalized spacial score (nSPS) is 12.8. The third-order valence-corrected chi connectivity index (χ3v) is 3.32. The molecule has 2 nitrogen and oxygen atoms in total. The van der Waals surface area contributed by atoms with Crippen LogP contribution in [0.5, 0.6) is 5.75 Å². The summed E-state index contributed by atoms with van der Waals surface area (Å²) in [5, 5.41) is 3.43. The molecule has 0 aliphatic carbocycles. The fraction of sp³-hybridized carbons (Fsp3) is 0.538. The number of halogens is 1. The Kier molecular flexibility index (Phi) is 5.85. The van der Waals surface area contributed by atoms with Crippen LogP contribution in [0, 0.1) is 5.92 Å². The van der Waals surface area contributed by atoms with E-state index in [-0.39, 0.29) is 0 Å². The van der Waals surface area contributed by atoms with Crippen LogP contribution in [-0.2, 0) is 0 Å². The Labute approximate surface area is 107 Å². The zero-order valence-corrected chi connectivity index (χ0v) is 11.8. The van der Waals surface area contributed by atoms with Crippen LogP contribution in [0.4, 0.5) is 0 Å². The zero-order chi connectivity index (χ0) is 12.0. The van der Waals surface area contributed by atoms with Crippen LogP contribution in [-0.4, -0.2) is 19.2 Å². The second kappa shape index (κ2) is 6.92. The van der Waals surface area contributed by atoms with Crippen LogP contribution in [0.25, 0.3) is 0 Å². The fourth-order valence-corrected chi connectivity index (χ4v) is 1.64. The fourth-order valence-electron chi connectivity index (χ4n) is 1.25. The van der Waals surface area contributed by atoms with Gasteiger partial charge in [0.15, 0.2) is 0 Å². The van der Waals surface area contributed by atoms with Gasteiger partial charge in [0.1, 0.15) is 12.4 Å². The third-order valence-electron chi connectivity index (χ3n) is 2.66. The van der Waals surface area contributed by atoms with E-state index in [1.54, 1.807) is 0 Å². The number of hydrogen-bond donors (Lipinski definition) is 1. The summed E-state index contributed by atoms with van der Waals surface area (Å²) in [6.45, 7) is 8.20. The molecule has 90 valence electrons. The lowest BCUT2D eigenvalue weighted by atomic mass is 10.1. The first kappa shape index (κ1) is 13.5. The molecule has 0 bridgehead atoms. The number of benzene rings is 1. The van der Waals surface area contributed by atoms with Gasteiger partial charge in [0.25, 0.3) is 0 Å². The average molecular weight is 286 g/mol. The molecular weight excluding hydrogens is 266 g/mol. The Morgan fingerprint density at radius 1 is 1.25 bits per heavy atom. The van der Waals surface area contributed by atoms with E-state index in [0.717, 1.165) is 16.8 Å². The highest BCUT2D eigenvalue weighted by atomic mass is 79.9. The first-order valence-corrected chi connectivity index (χ1v) is 6.51. The van der Waals surface area contributed by atoms with Gasteiger partial charge in [-0.15, -0.1) is 0 Å². The van der Waals surface area contributed by atoms with Crippen molar-refractivity contribution in [3.8, 4) is 5.75 Å². The van der Waals surface area contributed by atoms with Crippen molar-refractivity contribution in [2.24, 2.45) is 5.92 Å². The molecule has 3 heteroatoms. The molecule has 0 radical (unpaired) electrons. The molecule has 0 saturated carbocycles. The summed E-state index contributed by atoms with van der Waals surface area (Å²) in [6, 6.07) is 8.44. The van der Waals surface area contributed by atoms with Crippen molar-refractivity contribution in [3.05, 3.63) is 28.7 Å². The summed E-state index contributed by atoms with van der Waals surface area (Å²) >= 11 is 3.46. The highest BCUT2D eigenvalue weighted by molar-refractivity contribution is 9.10. The largest absolute Gasteiger partial charge is 0.491 e. The number of hydrogen-bond acceptors (Lipinski definition) is 2. The number of para-hydroxylation sites is 1. The van der Waals surface area contributed by atoms with Crippen LogP contribution in [0.2, 0.25) is 0 Å². The topological polar surface area (TPSA) is 21.3 Å². The summed E-state index contributed by atoms with van der Waals surface area (Å²) < 4.78 is 6.66. The van der Waals surface area contributed by atoms with Crippen LogP contribution in [0.3, 0.4) is 0 Å². The molecular formula is C13H20BrNO. The van der Waals surface area contributed by atoms with Gasteiger partial charge < -0.3 is 10.1 Å². The van der Waals surface area contributed by atoms with E-state index < -0.39 is 0 Å². The van der Waals surface area contributed by atoms with Gasteiger partial charge in [-0.05, 0) is 40.9 Å². The SMILES string of the molecule is CC(C)C(C)NCCOc1ccccc1Br. The van der Waals surface area contributed by atoms with Crippen molar-refractivity contribution in [1.82, 2.24) is 5.32 Å². The summed E-state index contributed by atoms with van der Waals surface area (Å²) in [6.07, 6.45) is 0. The van der Waals surface area contributed by atoms with E-state index >= 15 is 0 Å². The van der Waals surface area contributed by atoms with E-state index in [1.165, 1.54) is 0 Å². The molecule has 1 N–H and O–H groups in total. The molecule has 16 heavy (non-hydrogen) atoms. The molecule has 0 fully saturated rings. The van der Waals surface area contributed by atoms with Crippen LogP contribution < -0.4 is 10.1 Å². The van der Waals surface area contributed by atoms with Gasteiger partial charge in [-0.2, -0.15) is 0 Å². The Morgan fingerprint density at radius 2 is 1.94 bits per heavy atom. The van der Waals surface area contributed by atoms with Gasteiger partial charge in [-0.1, -0.05) is 26.0 Å². The maximum absolute atomic E-state index is 5.66. The van der Waals surface area contributed by atoms with Gasteiger partial charge in [-0.25, -0.2) is 0 Å². The Hall–Kier alpha value is -0.540. The van der Waals surface area contributed by atoms with Crippen molar-refractivity contribution in [2.75, 3.05) is 13.2 Å². The molecule has 1 rings (SSSR count). The second-order valence-corrected chi connectivity index (χ2v) is 5.12. The minimum atomic E-state index is 0.530. The van der Waals surface area contributed by atoms with Crippen molar-refractivity contribution in [2.45, 2.75) is 26.8 Å². The van der Waals surface area contributed by atoms with E-state index in [2.05, 4.69) is 42.0 Å². The van der Waals surface area contributed by atoms with Gasteiger partial charge in [-0.3, -0.25) is 0 Å². The molecule has 1 unspecified atom stereocenters. The van der Waals surface area contributed by atoms with E-state index in [4.69, 9.17) is 4.74 Å². The molecule has 0 saturated heterocycles. The molecule has 1 atom stereocenters. The summed E-state index contributed by atoms with van der Waals surface area (Å²) in [5.41, 5.74) is 0. The van der Waals surface area contributed by atoms with Gasteiger partial charge in [0.05, 0.1) is 4.47 Å². The number of rotatable bonds is 6. The summed E-state index contributed by atoms with van der Waals surface area (Å²) in [4.78, 5) is 0. The Morgan fingerprint density at radius 3 is 2.56 bits per heavy atom. The predicted octanol–water partition coefficient (Wildman–Crippen LogP) is 3.46. The van der Waals surface area contributed by atoms with Crippen molar-refractivity contribution in [3.63, 3.8) is 0 Å². The summed E-state index contributed by atoms with van der Waals surface area (Å²) in [7, 11) is 0. The standard InChI is InChI=1S/C13H20BrNO/c1-10(2)11(3)15-8-9-16-13-7-5-4-6-12(13)14/h4-7,10-11,15H,8-9H2,1-3H3. The monoisotopic (exact) mass is 285 g/mol. The third kappa shape index (κ3) is 4.54. The van der Waals surface area contributed by atoms with Crippen LogP contribution in [0.15, 0.2) is 28.7 Å². The first-order valence-electron chi connectivity index (χ1n) is 5.72. The lowest BCUT2D eigenvalue weighted by Gasteiger charge is -2.17. The summed E-state index contributed by atoms with van der Waals surface area (Å²) in [5.74, 6) is 1.56. The van der Waals surface area contributed by atoms with E-state index in [0.29, 0.717) is 18.6 Å². The van der Waals surface area contributed by atoms with E-state index in [1.807, 2.05) is 24.3 Å². The first-order chi connectivity index (χ1) is 7.61. The average Bonchev–Trinajstić information content (AvgIpc) is 2.26. The maximum Gasteiger partial charge on any atom is 0.133 e. The molecule has 0 amide bonds. The lowest BCUT2D eigenvalue weighted by molar-refractivity contribution is 0.295. The Bertz CT molecular complexity index is 315. The van der Waals surface area contributed by atoms with Crippen molar-refractivity contribution in [1.29, 1.82) is 0 Å². The highest BCUT2D eigenvalue weighted by Gasteiger charge is 2.05. The van der Waals surface area contributed by atoms with Gasteiger partial charge >= 0.3 is 0 Å². The lowest BCUT2D eigenvalue weighted by Crippen LogP contribution is -2.33. The molecule has 0 heterocycles. The Balaban J connectivity index is 2.24. The minimum Gasteiger partial charge on any atom is -0.491 e. The van der Waals surface area contributed by atoms with Crippen LogP contribution >= 0.6 is 15.9 Å². The minimum absolute atomic E-state index is 0.530. The highest BCUT2D eigenvalue weighted by Crippen LogP contribution is 2.23. The van der Waals surface area contributed by atoms with E-state index in [9.17, 15) is 0 Å². The molecule has 0 spiro atoms. The molecule has 1 aromatic rings. The van der Waals surface area contributed by atoms with Crippen molar-refractivity contribution >= 4 is 15.9 Å². The van der Waals surface area contributed by atoms with Gasteiger partial charge in [0, 0.05) is 12.6 Å². The van der Waals surface area contributed by atoms with Crippen LogP contribution in [0.1, 0.15) is 20.8 Å². The quantitative estimate of drug-likeness (QED) is 0.809. The number of nitrogens with one attached hydrogen (secondary N) is 1. The maximum atomic E-state index is 5.66.